The summed E-state index contributed by atoms with van der Waals surface area (Å²) in [6, 6.07) is 69.7. The SMILES string of the molecule is c1ccc(-c2ccc(-c3ccc4c5cc(-c6ccccc6)c6ccccc6c5c5nc(-c6ccccc6)c(-c6ccccc6)n5c4c3)cc2)cc1. The number of aromatic nitrogens is 2. The largest absolute Gasteiger partial charge is 0.291 e. The molecule has 0 bridgehead atoms. The fourth-order valence-electron chi connectivity index (χ4n) is 7.78. The Morgan fingerprint density at radius 1 is 0.333 bits per heavy atom. The first kappa shape index (κ1) is 29.2. The summed E-state index contributed by atoms with van der Waals surface area (Å²) in [6.45, 7) is 0. The second-order valence-corrected chi connectivity index (χ2v) is 13.1. The number of hydrogen-bond acceptors (Lipinski definition) is 1. The molecule has 2 heterocycles. The summed E-state index contributed by atoms with van der Waals surface area (Å²) < 4.78 is 2.42. The third kappa shape index (κ3) is 4.84. The van der Waals surface area contributed by atoms with Gasteiger partial charge in [0, 0.05) is 21.9 Å². The van der Waals surface area contributed by atoms with Gasteiger partial charge in [-0.3, -0.25) is 4.40 Å². The molecule has 2 nitrogen and oxygen atoms in total. The van der Waals surface area contributed by atoms with Crippen molar-refractivity contribution in [3.8, 4) is 55.9 Å². The molecule has 0 radical (unpaired) electrons. The number of hydrogen-bond donors (Lipinski definition) is 0. The van der Waals surface area contributed by atoms with Crippen LogP contribution in [0.4, 0.5) is 0 Å². The molecule has 10 aromatic rings. The van der Waals surface area contributed by atoms with Crippen molar-refractivity contribution in [2.75, 3.05) is 0 Å². The van der Waals surface area contributed by atoms with Crippen LogP contribution in [0, 0.1) is 0 Å². The topological polar surface area (TPSA) is 17.3 Å². The monoisotopic (exact) mass is 648 g/mol. The van der Waals surface area contributed by atoms with E-state index in [1.807, 2.05) is 0 Å². The van der Waals surface area contributed by atoms with E-state index in [9.17, 15) is 0 Å². The van der Waals surface area contributed by atoms with Gasteiger partial charge in [-0.1, -0.05) is 182 Å². The molecule has 0 aliphatic heterocycles. The van der Waals surface area contributed by atoms with Gasteiger partial charge in [0.25, 0.3) is 0 Å². The maximum Gasteiger partial charge on any atom is 0.147 e. The number of pyridine rings is 1. The predicted octanol–water partition coefficient (Wildman–Crippen LogP) is 13.1. The van der Waals surface area contributed by atoms with Crippen molar-refractivity contribution in [3.05, 3.63) is 194 Å². The molecule has 8 aromatic carbocycles. The summed E-state index contributed by atoms with van der Waals surface area (Å²) in [6.07, 6.45) is 0. The van der Waals surface area contributed by atoms with Gasteiger partial charge in [0.2, 0.25) is 0 Å². The van der Waals surface area contributed by atoms with Gasteiger partial charge in [-0.2, -0.15) is 0 Å². The van der Waals surface area contributed by atoms with E-state index in [4.69, 9.17) is 4.98 Å². The summed E-state index contributed by atoms with van der Waals surface area (Å²) in [5.74, 6) is 0. The van der Waals surface area contributed by atoms with Gasteiger partial charge < -0.3 is 0 Å². The minimum absolute atomic E-state index is 0.961. The van der Waals surface area contributed by atoms with Crippen molar-refractivity contribution in [2.24, 2.45) is 0 Å². The average molecular weight is 649 g/mol. The van der Waals surface area contributed by atoms with Crippen LogP contribution >= 0.6 is 0 Å². The van der Waals surface area contributed by atoms with Crippen LogP contribution in [0.2, 0.25) is 0 Å². The Morgan fingerprint density at radius 3 is 1.47 bits per heavy atom. The van der Waals surface area contributed by atoms with Crippen molar-refractivity contribution in [1.29, 1.82) is 0 Å². The Balaban J connectivity index is 1.35. The molecule has 238 valence electrons. The normalized spacial score (nSPS) is 11.5. The number of rotatable bonds is 5. The first-order valence-electron chi connectivity index (χ1n) is 17.5. The fraction of sp³-hybridized carbons (Fsp3) is 0. The quantitative estimate of drug-likeness (QED) is 0.170. The molecule has 2 aromatic heterocycles. The zero-order chi connectivity index (χ0) is 33.7. The lowest BCUT2D eigenvalue weighted by atomic mass is 9.91. The molecule has 0 fully saturated rings. The molecule has 0 saturated heterocycles. The molecule has 0 amide bonds. The maximum atomic E-state index is 5.60. The minimum atomic E-state index is 0.961. The molecule has 0 aliphatic carbocycles. The Kier molecular flexibility index (Phi) is 6.85. The Hall–Kier alpha value is -6.77. The highest BCUT2D eigenvalue weighted by molar-refractivity contribution is 6.26. The summed E-state index contributed by atoms with van der Waals surface area (Å²) in [7, 11) is 0. The number of benzene rings is 8. The summed E-state index contributed by atoms with van der Waals surface area (Å²) >= 11 is 0. The molecular formula is C49H32N2. The Morgan fingerprint density at radius 2 is 0.824 bits per heavy atom. The summed E-state index contributed by atoms with van der Waals surface area (Å²) in [5.41, 5.74) is 13.6. The Bertz CT molecular complexity index is 2860. The highest BCUT2D eigenvalue weighted by Crippen LogP contribution is 2.44. The second-order valence-electron chi connectivity index (χ2n) is 13.1. The van der Waals surface area contributed by atoms with Crippen molar-refractivity contribution in [2.45, 2.75) is 0 Å². The molecule has 0 N–H and O–H groups in total. The number of nitrogens with zero attached hydrogens (tertiary/aromatic N) is 2. The smallest absolute Gasteiger partial charge is 0.147 e. The molecule has 10 rings (SSSR count). The van der Waals surface area contributed by atoms with E-state index in [1.54, 1.807) is 0 Å². The van der Waals surface area contributed by atoms with E-state index >= 15 is 0 Å². The minimum Gasteiger partial charge on any atom is -0.291 e. The van der Waals surface area contributed by atoms with Crippen LogP contribution in [0.5, 0.6) is 0 Å². The number of fused-ring (bicyclic) bond motifs is 8. The zero-order valence-corrected chi connectivity index (χ0v) is 27.9. The Labute approximate surface area is 296 Å². The van der Waals surface area contributed by atoms with E-state index in [2.05, 4.69) is 199 Å². The van der Waals surface area contributed by atoms with Gasteiger partial charge in [0.1, 0.15) is 5.65 Å². The van der Waals surface area contributed by atoms with Crippen LogP contribution in [-0.4, -0.2) is 9.38 Å². The first-order valence-corrected chi connectivity index (χ1v) is 17.5. The van der Waals surface area contributed by atoms with Crippen LogP contribution in [0.3, 0.4) is 0 Å². The zero-order valence-electron chi connectivity index (χ0n) is 27.9. The molecule has 0 atom stereocenters. The van der Waals surface area contributed by atoms with Crippen molar-refractivity contribution in [1.82, 2.24) is 9.38 Å². The lowest BCUT2D eigenvalue weighted by Gasteiger charge is -2.17. The van der Waals surface area contributed by atoms with Gasteiger partial charge in [0.05, 0.1) is 16.9 Å². The van der Waals surface area contributed by atoms with Gasteiger partial charge in [0.15, 0.2) is 0 Å². The van der Waals surface area contributed by atoms with Gasteiger partial charge >= 0.3 is 0 Å². The van der Waals surface area contributed by atoms with Crippen molar-refractivity contribution in [3.63, 3.8) is 0 Å². The number of imidazole rings is 1. The third-order valence-electron chi connectivity index (χ3n) is 10.2. The van der Waals surface area contributed by atoms with Crippen LogP contribution < -0.4 is 0 Å². The van der Waals surface area contributed by atoms with Crippen LogP contribution in [0.25, 0.3) is 94.0 Å². The van der Waals surface area contributed by atoms with Gasteiger partial charge in [-0.25, -0.2) is 4.98 Å². The molecule has 0 spiro atoms. The van der Waals surface area contributed by atoms with Crippen molar-refractivity contribution < 1.29 is 0 Å². The van der Waals surface area contributed by atoms with Gasteiger partial charge in [-0.05, 0) is 61.7 Å². The summed E-state index contributed by atoms with van der Waals surface area (Å²) in [5, 5.41) is 5.98. The third-order valence-corrected chi connectivity index (χ3v) is 10.2. The fourth-order valence-corrected chi connectivity index (χ4v) is 7.78. The highest BCUT2D eigenvalue weighted by atomic mass is 15.0. The standard InChI is InChI=1S/C49H32N2/c1-5-15-33(16-6-1)34-25-27-35(28-26-34)39-29-30-41-44-32-43(36-17-7-2-8-18-36)40-23-13-14-24-42(40)46(44)49-50-47(37-19-9-3-10-20-37)48(51(49)45(41)31-39)38-21-11-4-12-22-38/h1-32H. The molecule has 0 aliphatic rings. The molecule has 51 heavy (non-hydrogen) atoms. The maximum absolute atomic E-state index is 5.60. The lowest BCUT2D eigenvalue weighted by Crippen LogP contribution is -1.96. The first-order chi connectivity index (χ1) is 25.3. The predicted molar refractivity (Wildman–Crippen MR) is 215 cm³/mol. The van der Waals surface area contributed by atoms with E-state index in [1.165, 1.54) is 54.9 Å². The average Bonchev–Trinajstić information content (AvgIpc) is 3.63. The molecular weight excluding hydrogens is 617 g/mol. The molecule has 0 unspecified atom stereocenters. The van der Waals surface area contributed by atoms with E-state index in [-0.39, 0.29) is 0 Å². The van der Waals surface area contributed by atoms with Crippen molar-refractivity contribution >= 4 is 38.1 Å². The molecule has 2 heteroatoms. The second kappa shape index (κ2) is 12.0. The van der Waals surface area contributed by atoms with Crippen LogP contribution in [0.15, 0.2) is 194 Å². The van der Waals surface area contributed by atoms with Crippen LogP contribution in [-0.2, 0) is 0 Å². The van der Waals surface area contributed by atoms with E-state index in [0.29, 0.717) is 0 Å². The van der Waals surface area contributed by atoms with E-state index < -0.39 is 0 Å². The van der Waals surface area contributed by atoms with Crippen LogP contribution in [0.1, 0.15) is 0 Å². The van der Waals surface area contributed by atoms with E-state index in [0.717, 1.165) is 39.1 Å². The molecule has 0 saturated carbocycles. The van der Waals surface area contributed by atoms with Gasteiger partial charge in [-0.15, -0.1) is 0 Å². The summed E-state index contributed by atoms with van der Waals surface area (Å²) in [4.78, 5) is 5.60. The lowest BCUT2D eigenvalue weighted by molar-refractivity contribution is 1.27. The highest BCUT2D eigenvalue weighted by Gasteiger charge is 2.23.